The minimum Gasteiger partial charge on any atom is -0.483 e. The van der Waals surface area contributed by atoms with Crippen molar-refractivity contribution in [3.05, 3.63) is 58.6 Å². The van der Waals surface area contributed by atoms with Gasteiger partial charge in [0.25, 0.3) is 5.91 Å². The third-order valence-corrected chi connectivity index (χ3v) is 3.63. The number of benzene rings is 2. The predicted octanol–water partition coefficient (Wildman–Crippen LogP) is 4.79. The number of nitrogens with one attached hydrogen (secondary N) is 1. The van der Waals surface area contributed by atoms with Crippen LogP contribution in [-0.2, 0) is 4.79 Å². The van der Waals surface area contributed by atoms with Gasteiger partial charge < -0.3 is 10.1 Å². The van der Waals surface area contributed by atoms with Crippen LogP contribution in [0.5, 0.6) is 5.75 Å². The lowest BCUT2D eigenvalue weighted by Gasteiger charge is -2.15. The minimum atomic E-state index is -0.232. The highest BCUT2D eigenvalue weighted by atomic mass is 35.5. The van der Waals surface area contributed by atoms with Gasteiger partial charge in [0.2, 0.25) is 0 Å². The molecule has 2 aromatic carbocycles. The van der Waals surface area contributed by atoms with Crippen LogP contribution in [-0.4, -0.2) is 12.5 Å². The van der Waals surface area contributed by atoms with Gasteiger partial charge in [0, 0.05) is 0 Å². The summed E-state index contributed by atoms with van der Waals surface area (Å²) in [7, 11) is 0. The predicted molar refractivity (Wildman–Crippen MR) is 90.8 cm³/mol. The Hall–Kier alpha value is -2.00. The SMILES string of the molecule is Cc1ccc(C(C)C)c(OCC(=O)Nc2ccccc2Cl)c1. The standard InChI is InChI=1S/C18H20ClNO2/c1-12(2)14-9-8-13(3)10-17(14)22-11-18(21)20-16-7-5-4-6-15(16)19/h4-10,12H,11H2,1-3H3,(H,20,21). The van der Waals surface area contributed by atoms with Gasteiger partial charge in [-0.25, -0.2) is 0 Å². The molecule has 0 aromatic heterocycles. The lowest BCUT2D eigenvalue weighted by atomic mass is 10.0. The summed E-state index contributed by atoms with van der Waals surface area (Å²) in [4.78, 5) is 12.0. The fraction of sp³-hybridized carbons (Fsp3) is 0.278. The molecule has 0 radical (unpaired) electrons. The van der Waals surface area contributed by atoms with Gasteiger partial charge in [0.1, 0.15) is 5.75 Å². The number of hydrogen-bond acceptors (Lipinski definition) is 2. The third-order valence-electron chi connectivity index (χ3n) is 3.30. The Morgan fingerprint density at radius 1 is 1.23 bits per heavy atom. The fourth-order valence-corrected chi connectivity index (χ4v) is 2.32. The Balaban J connectivity index is 2.02. The molecule has 4 heteroatoms. The molecule has 0 aliphatic heterocycles. The minimum absolute atomic E-state index is 0.0472. The lowest BCUT2D eigenvalue weighted by molar-refractivity contribution is -0.118. The van der Waals surface area contributed by atoms with Crippen LogP contribution in [0.1, 0.15) is 30.9 Å². The topological polar surface area (TPSA) is 38.3 Å². The molecule has 0 heterocycles. The zero-order valence-corrected chi connectivity index (χ0v) is 13.8. The largest absolute Gasteiger partial charge is 0.483 e. The summed E-state index contributed by atoms with van der Waals surface area (Å²) in [5.74, 6) is 0.857. The van der Waals surface area contributed by atoms with Crippen molar-refractivity contribution < 1.29 is 9.53 Å². The number of hydrogen-bond donors (Lipinski definition) is 1. The quantitative estimate of drug-likeness (QED) is 0.861. The zero-order valence-electron chi connectivity index (χ0n) is 13.0. The van der Waals surface area contributed by atoms with E-state index in [-0.39, 0.29) is 12.5 Å². The Labute approximate surface area is 136 Å². The van der Waals surface area contributed by atoms with Crippen molar-refractivity contribution >= 4 is 23.2 Å². The van der Waals surface area contributed by atoms with E-state index in [1.165, 1.54) is 0 Å². The second kappa shape index (κ2) is 7.32. The molecule has 0 bridgehead atoms. The summed E-state index contributed by atoms with van der Waals surface area (Å²) in [6.07, 6.45) is 0. The van der Waals surface area contributed by atoms with Gasteiger partial charge in [-0.2, -0.15) is 0 Å². The highest BCUT2D eigenvalue weighted by Crippen LogP contribution is 2.27. The average Bonchev–Trinajstić information content (AvgIpc) is 2.47. The number of carbonyl (C=O) groups is 1. The highest BCUT2D eigenvalue weighted by molar-refractivity contribution is 6.33. The molecule has 2 aromatic rings. The van der Waals surface area contributed by atoms with Gasteiger partial charge in [-0.3, -0.25) is 4.79 Å². The summed E-state index contributed by atoms with van der Waals surface area (Å²) >= 11 is 6.02. The molecule has 2 rings (SSSR count). The molecular formula is C18H20ClNO2. The number of rotatable bonds is 5. The first-order chi connectivity index (χ1) is 10.5. The molecular weight excluding hydrogens is 298 g/mol. The first-order valence-corrected chi connectivity index (χ1v) is 7.63. The summed E-state index contributed by atoms with van der Waals surface area (Å²) in [6, 6.07) is 13.2. The maximum atomic E-state index is 12.0. The van der Waals surface area contributed by atoms with Gasteiger partial charge in [-0.1, -0.05) is 49.7 Å². The van der Waals surface area contributed by atoms with E-state index in [2.05, 4.69) is 19.2 Å². The van der Waals surface area contributed by atoms with E-state index in [0.717, 1.165) is 16.9 Å². The van der Waals surface area contributed by atoms with Gasteiger partial charge in [0.15, 0.2) is 6.61 Å². The van der Waals surface area contributed by atoms with E-state index in [9.17, 15) is 4.79 Å². The molecule has 3 nitrogen and oxygen atoms in total. The number of para-hydroxylation sites is 1. The van der Waals surface area contributed by atoms with Gasteiger partial charge in [-0.15, -0.1) is 0 Å². The Kier molecular flexibility index (Phi) is 5.45. The number of anilines is 1. The summed E-state index contributed by atoms with van der Waals surface area (Å²) in [5, 5.41) is 3.26. The average molecular weight is 318 g/mol. The molecule has 0 atom stereocenters. The molecule has 22 heavy (non-hydrogen) atoms. The van der Waals surface area contributed by atoms with Crippen molar-refractivity contribution in [2.75, 3.05) is 11.9 Å². The van der Waals surface area contributed by atoms with Crippen molar-refractivity contribution in [2.45, 2.75) is 26.7 Å². The summed E-state index contributed by atoms with van der Waals surface area (Å²) < 4.78 is 5.70. The van der Waals surface area contributed by atoms with Crippen molar-refractivity contribution in [2.24, 2.45) is 0 Å². The molecule has 0 saturated carbocycles. The fourth-order valence-electron chi connectivity index (χ4n) is 2.14. The van der Waals surface area contributed by atoms with Gasteiger partial charge in [-0.05, 0) is 42.2 Å². The zero-order chi connectivity index (χ0) is 16.1. The van der Waals surface area contributed by atoms with Crippen molar-refractivity contribution in [1.29, 1.82) is 0 Å². The van der Waals surface area contributed by atoms with Crippen LogP contribution < -0.4 is 10.1 Å². The van der Waals surface area contributed by atoms with Crippen LogP contribution in [0.15, 0.2) is 42.5 Å². The van der Waals surface area contributed by atoms with E-state index >= 15 is 0 Å². The maximum Gasteiger partial charge on any atom is 0.262 e. The second-order valence-corrected chi connectivity index (χ2v) is 5.92. The van der Waals surface area contributed by atoms with Crippen LogP contribution >= 0.6 is 11.6 Å². The smallest absolute Gasteiger partial charge is 0.262 e. The Bertz CT molecular complexity index is 668. The number of aryl methyl sites for hydroxylation is 1. The molecule has 1 amide bonds. The summed E-state index contributed by atoms with van der Waals surface area (Å²) in [6.45, 7) is 6.15. The van der Waals surface area contributed by atoms with Crippen molar-refractivity contribution in [3.63, 3.8) is 0 Å². The normalized spacial score (nSPS) is 10.6. The van der Waals surface area contributed by atoms with E-state index in [1.54, 1.807) is 12.1 Å². The molecule has 0 unspecified atom stereocenters. The summed E-state index contributed by atoms with van der Waals surface area (Å²) in [5.41, 5.74) is 2.79. The number of halogens is 1. The van der Waals surface area contributed by atoms with E-state index in [4.69, 9.17) is 16.3 Å². The molecule has 0 aliphatic carbocycles. The Morgan fingerprint density at radius 2 is 1.95 bits per heavy atom. The Morgan fingerprint density at radius 3 is 2.64 bits per heavy atom. The van der Waals surface area contributed by atoms with Gasteiger partial charge >= 0.3 is 0 Å². The van der Waals surface area contributed by atoms with Crippen LogP contribution in [0.4, 0.5) is 5.69 Å². The second-order valence-electron chi connectivity index (χ2n) is 5.51. The van der Waals surface area contributed by atoms with Crippen LogP contribution in [0.25, 0.3) is 0 Å². The van der Waals surface area contributed by atoms with Crippen LogP contribution in [0.2, 0.25) is 5.02 Å². The van der Waals surface area contributed by atoms with Crippen LogP contribution in [0, 0.1) is 6.92 Å². The third kappa shape index (κ3) is 4.25. The lowest BCUT2D eigenvalue weighted by Crippen LogP contribution is -2.20. The monoisotopic (exact) mass is 317 g/mol. The molecule has 1 N–H and O–H groups in total. The van der Waals surface area contributed by atoms with Crippen molar-refractivity contribution in [3.8, 4) is 5.75 Å². The van der Waals surface area contributed by atoms with Crippen LogP contribution in [0.3, 0.4) is 0 Å². The first kappa shape index (κ1) is 16.4. The molecule has 0 fully saturated rings. The number of amides is 1. The first-order valence-electron chi connectivity index (χ1n) is 7.25. The van der Waals surface area contributed by atoms with Crippen molar-refractivity contribution in [1.82, 2.24) is 0 Å². The molecule has 0 saturated heterocycles. The molecule has 116 valence electrons. The van der Waals surface area contributed by atoms with E-state index in [0.29, 0.717) is 16.6 Å². The number of carbonyl (C=O) groups excluding carboxylic acids is 1. The highest BCUT2D eigenvalue weighted by Gasteiger charge is 2.11. The molecule has 0 aliphatic rings. The number of ether oxygens (including phenoxy) is 1. The van der Waals surface area contributed by atoms with Gasteiger partial charge in [0.05, 0.1) is 10.7 Å². The van der Waals surface area contributed by atoms with E-state index < -0.39 is 0 Å². The van der Waals surface area contributed by atoms with E-state index in [1.807, 2.05) is 37.3 Å². The maximum absolute atomic E-state index is 12.0. The molecule has 0 spiro atoms.